The number of carboxylic acids is 1. The fraction of sp³-hybridized carbons (Fsp3) is 0.464. The molecule has 182 valence electrons. The number of benzene rings is 2. The third kappa shape index (κ3) is 3.68. The van der Waals surface area contributed by atoms with Gasteiger partial charge in [0, 0.05) is 25.0 Å². The van der Waals surface area contributed by atoms with Crippen LogP contribution in [0.3, 0.4) is 0 Å². The highest BCUT2D eigenvalue weighted by atomic mass is 16.5. The standard InChI is InChI=1S/C28H30N2O5/c31-26(30-14-17-12-24(30)25(17)27(32)33)22(16-6-5-7-16)13-29-28(34)35-15-23-20-10-3-1-8-18(20)19-9-2-4-11-21(19)23/h1-4,8-11,16-17,22-25H,5-7,12-15H2,(H,29,34)(H,32,33). The van der Waals surface area contributed by atoms with Crippen molar-refractivity contribution >= 4 is 18.0 Å². The highest BCUT2D eigenvalue weighted by molar-refractivity contribution is 5.84. The first-order chi connectivity index (χ1) is 17.0. The molecule has 2 bridgehead atoms. The number of nitrogens with zero attached hydrogens (tertiary/aromatic N) is 1. The van der Waals surface area contributed by atoms with Crippen molar-refractivity contribution < 1.29 is 24.2 Å². The normalized spacial score (nSPS) is 25.1. The molecule has 2 aliphatic heterocycles. The number of carboxylic acid groups (broad SMARTS) is 1. The van der Waals surface area contributed by atoms with Gasteiger partial charge < -0.3 is 20.1 Å². The average Bonchev–Trinajstić information content (AvgIpc) is 3.49. The molecule has 2 amide bonds. The molecule has 4 unspecified atom stereocenters. The maximum absolute atomic E-state index is 13.4. The van der Waals surface area contributed by atoms with E-state index >= 15 is 0 Å². The Hall–Kier alpha value is -3.35. The summed E-state index contributed by atoms with van der Waals surface area (Å²) in [5.41, 5.74) is 4.67. The quantitative estimate of drug-likeness (QED) is 0.635. The number of nitrogens with one attached hydrogen (secondary N) is 1. The van der Waals surface area contributed by atoms with Crippen LogP contribution in [0.15, 0.2) is 48.5 Å². The smallest absolute Gasteiger partial charge is 0.407 e. The zero-order valence-electron chi connectivity index (χ0n) is 19.6. The summed E-state index contributed by atoms with van der Waals surface area (Å²) in [5.74, 6) is -1.28. The predicted molar refractivity (Wildman–Crippen MR) is 129 cm³/mol. The van der Waals surface area contributed by atoms with E-state index in [1.54, 1.807) is 4.90 Å². The first-order valence-corrected chi connectivity index (χ1v) is 12.6. The number of alkyl carbamates (subject to hydrolysis) is 1. The Morgan fingerprint density at radius 2 is 1.69 bits per heavy atom. The molecule has 4 atom stereocenters. The number of carbonyl (C=O) groups excluding carboxylic acids is 2. The van der Waals surface area contributed by atoms with Gasteiger partial charge in [-0.1, -0.05) is 55.0 Å². The van der Waals surface area contributed by atoms with Gasteiger partial charge in [-0.25, -0.2) is 4.79 Å². The Kier molecular flexibility index (Phi) is 5.50. The third-order valence-corrected chi connectivity index (χ3v) is 8.71. The van der Waals surface area contributed by atoms with E-state index in [2.05, 4.69) is 29.6 Å². The number of fused-ring (bicyclic) bond motifs is 4. The van der Waals surface area contributed by atoms with Gasteiger partial charge in [0.1, 0.15) is 6.61 Å². The number of carbonyl (C=O) groups is 3. The van der Waals surface area contributed by atoms with Crippen molar-refractivity contribution in [2.45, 2.75) is 37.6 Å². The first-order valence-electron chi connectivity index (χ1n) is 12.6. The lowest BCUT2D eigenvalue weighted by Gasteiger charge is -2.38. The molecule has 2 aromatic rings. The van der Waals surface area contributed by atoms with Crippen LogP contribution in [0.25, 0.3) is 11.1 Å². The van der Waals surface area contributed by atoms with Crippen molar-refractivity contribution in [3.8, 4) is 11.1 Å². The van der Waals surface area contributed by atoms with Crippen molar-refractivity contribution in [1.82, 2.24) is 10.2 Å². The van der Waals surface area contributed by atoms with Crippen LogP contribution in [0, 0.1) is 23.7 Å². The molecule has 3 aliphatic carbocycles. The van der Waals surface area contributed by atoms with Crippen LogP contribution in [0.4, 0.5) is 4.79 Å². The molecule has 0 spiro atoms. The SMILES string of the molecule is O=C(NCC(C(=O)N1CC2CC1C2C(=O)O)C1CCC1)OCC1c2ccccc2-c2ccccc21. The van der Waals surface area contributed by atoms with Crippen LogP contribution in [0.1, 0.15) is 42.7 Å². The fourth-order valence-corrected chi connectivity index (χ4v) is 6.59. The van der Waals surface area contributed by atoms with Crippen molar-refractivity contribution in [2.75, 3.05) is 19.7 Å². The first kappa shape index (κ1) is 22.1. The molecule has 2 heterocycles. The van der Waals surface area contributed by atoms with Crippen molar-refractivity contribution in [3.05, 3.63) is 59.7 Å². The molecule has 2 N–H and O–H groups in total. The molecule has 2 saturated heterocycles. The van der Waals surface area contributed by atoms with E-state index in [1.807, 2.05) is 24.3 Å². The number of hydrogen-bond acceptors (Lipinski definition) is 4. The highest BCUT2D eigenvalue weighted by Crippen LogP contribution is 2.48. The van der Waals surface area contributed by atoms with Gasteiger partial charge in [0.05, 0.1) is 11.8 Å². The minimum Gasteiger partial charge on any atom is -0.481 e. The van der Waals surface area contributed by atoms with Crippen LogP contribution < -0.4 is 5.32 Å². The van der Waals surface area contributed by atoms with E-state index < -0.39 is 18.0 Å². The van der Waals surface area contributed by atoms with Gasteiger partial charge in [-0.15, -0.1) is 0 Å². The number of ether oxygens (including phenoxy) is 1. The zero-order valence-corrected chi connectivity index (χ0v) is 19.6. The summed E-state index contributed by atoms with van der Waals surface area (Å²) in [6.07, 6.45) is 3.28. The minimum atomic E-state index is -0.807. The summed E-state index contributed by atoms with van der Waals surface area (Å²) in [4.78, 5) is 39.3. The van der Waals surface area contributed by atoms with Crippen LogP contribution in [-0.4, -0.2) is 53.7 Å². The Labute approximate surface area is 204 Å². The van der Waals surface area contributed by atoms with Crippen molar-refractivity contribution in [1.29, 1.82) is 0 Å². The topological polar surface area (TPSA) is 95.9 Å². The molecule has 7 heteroatoms. The second-order valence-electron chi connectivity index (χ2n) is 10.4. The highest BCUT2D eigenvalue weighted by Gasteiger charge is 2.58. The summed E-state index contributed by atoms with van der Waals surface area (Å²) in [6.45, 7) is 0.985. The largest absolute Gasteiger partial charge is 0.481 e. The van der Waals surface area contributed by atoms with Crippen LogP contribution >= 0.6 is 0 Å². The van der Waals surface area contributed by atoms with E-state index in [0.717, 1.165) is 36.8 Å². The second kappa shape index (κ2) is 8.70. The lowest BCUT2D eigenvalue weighted by molar-refractivity contribution is -0.149. The van der Waals surface area contributed by atoms with Crippen LogP contribution in [0.2, 0.25) is 0 Å². The molecule has 35 heavy (non-hydrogen) atoms. The maximum atomic E-state index is 13.4. The van der Waals surface area contributed by atoms with Gasteiger partial charge in [0.2, 0.25) is 5.91 Å². The lowest BCUT2D eigenvalue weighted by Crippen LogP contribution is -2.50. The summed E-state index contributed by atoms with van der Waals surface area (Å²) in [7, 11) is 0. The number of aliphatic carboxylic acids is 1. The molecular formula is C28H30N2O5. The van der Waals surface area contributed by atoms with Crippen molar-refractivity contribution in [2.24, 2.45) is 23.7 Å². The molecule has 0 radical (unpaired) electrons. The van der Waals surface area contributed by atoms with E-state index in [9.17, 15) is 19.5 Å². The van der Waals surface area contributed by atoms with Crippen LogP contribution in [-0.2, 0) is 14.3 Å². The summed E-state index contributed by atoms with van der Waals surface area (Å²) in [6, 6.07) is 16.2. The Balaban J connectivity index is 1.08. The van der Waals surface area contributed by atoms with Crippen LogP contribution in [0.5, 0.6) is 0 Å². The average molecular weight is 475 g/mol. The third-order valence-electron chi connectivity index (χ3n) is 8.71. The maximum Gasteiger partial charge on any atom is 0.407 e. The zero-order chi connectivity index (χ0) is 24.1. The van der Waals surface area contributed by atoms with E-state index in [1.165, 1.54) is 11.1 Å². The summed E-state index contributed by atoms with van der Waals surface area (Å²) in [5, 5.41) is 12.3. The number of rotatable bonds is 7. The van der Waals surface area contributed by atoms with Gasteiger partial charge >= 0.3 is 12.1 Å². The predicted octanol–water partition coefficient (Wildman–Crippen LogP) is 3.87. The Bertz CT molecular complexity index is 1130. The Morgan fingerprint density at radius 1 is 1.03 bits per heavy atom. The number of amides is 2. The molecule has 2 aromatic carbocycles. The molecule has 7 rings (SSSR count). The summed E-state index contributed by atoms with van der Waals surface area (Å²) >= 11 is 0. The van der Waals surface area contributed by atoms with E-state index in [-0.39, 0.29) is 48.8 Å². The fourth-order valence-electron chi connectivity index (χ4n) is 6.59. The molecule has 0 aromatic heterocycles. The van der Waals surface area contributed by atoms with Gasteiger partial charge in [-0.2, -0.15) is 0 Å². The van der Waals surface area contributed by atoms with E-state index in [4.69, 9.17) is 4.74 Å². The second-order valence-corrected chi connectivity index (χ2v) is 10.4. The molecule has 7 nitrogen and oxygen atoms in total. The Morgan fingerprint density at radius 3 is 2.26 bits per heavy atom. The van der Waals surface area contributed by atoms with Gasteiger partial charge in [-0.3, -0.25) is 9.59 Å². The minimum absolute atomic E-state index is 0.00935. The van der Waals surface area contributed by atoms with E-state index in [0.29, 0.717) is 6.54 Å². The van der Waals surface area contributed by atoms with Gasteiger partial charge in [-0.05, 0) is 53.4 Å². The molecular weight excluding hydrogens is 444 g/mol. The molecule has 4 fully saturated rings. The van der Waals surface area contributed by atoms with Crippen molar-refractivity contribution in [3.63, 3.8) is 0 Å². The summed E-state index contributed by atoms with van der Waals surface area (Å²) < 4.78 is 5.65. The molecule has 2 saturated carbocycles. The molecule has 5 aliphatic rings. The monoisotopic (exact) mass is 474 g/mol. The lowest BCUT2D eigenvalue weighted by atomic mass is 9.73. The van der Waals surface area contributed by atoms with Gasteiger partial charge in [0.15, 0.2) is 0 Å². The van der Waals surface area contributed by atoms with Gasteiger partial charge in [0.25, 0.3) is 0 Å². The number of hydrogen-bond donors (Lipinski definition) is 2.